The lowest BCUT2D eigenvalue weighted by Crippen LogP contribution is -2.40. The van der Waals surface area contributed by atoms with Crippen molar-refractivity contribution >= 4 is 26.5 Å². The van der Waals surface area contributed by atoms with Gasteiger partial charge in [-0.25, -0.2) is 4.98 Å². The number of rotatable bonds is 9. The van der Waals surface area contributed by atoms with Crippen LogP contribution in [0.3, 0.4) is 0 Å². The molecule has 0 unspecified atom stereocenters. The van der Waals surface area contributed by atoms with Gasteiger partial charge >= 0.3 is 6.36 Å². The lowest BCUT2D eigenvalue weighted by atomic mass is 10.0. The highest BCUT2D eigenvalue weighted by atomic mass is 31.2. The number of hydrogen-bond donors (Lipinski definition) is 0. The van der Waals surface area contributed by atoms with Crippen molar-refractivity contribution < 1.29 is 31.8 Å². The number of imidazole rings is 1. The average Bonchev–Trinajstić information content (AvgIpc) is 3.62. The summed E-state index contributed by atoms with van der Waals surface area (Å²) in [5.41, 5.74) is 2.09. The van der Waals surface area contributed by atoms with Gasteiger partial charge in [-0.05, 0) is 56.4 Å². The quantitative estimate of drug-likeness (QED) is 0.103. The summed E-state index contributed by atoms with van der Waals surface area (Å²) in [6, 6.07) is 8.87. The van der Waals surface area contributed by atoms with E-state index in [2.05, 4.69) is 38.6 Å². The number of aromatic nitrogens is 2. The molecule has 0 N–H and O–H groups in total. The van der Waals surface area contributed by atoms with E-state index >= 15 is 0 Å². The first-order valence-electron chi connectivity index (χ1n) is 13.6. The molecule has 1 heterocycles. The summed E-state index contributed by atoms with van der Waals surface area (Å²) < 4.78 is 65.7. The maximum Gasteiger partial charge on any atom is 0.573 e. The third kappa shape index (κ3) is 6.66. The Hall–Kier alpha value is -2.95. The van der Waals surface area contributed by atoms with Crippen molar-refractivity contribution in [3.05, 3.63) is 57.8 Å². The Balaban J connectivity index is 1.93. The lowest BCUT2D eigenvalue weighted by Gasteiger charge is -2.36. The molecule has 0 bridgehead atoms. The molecule has 42 heavy (non-hydrogen) atoms. The van der Waals surface area contributed by atoms with Crippen LogP contribution in [0.5, 0.6) is 5.75 Å². The van der Waals surface area contributed by atoms with Crippen LogP contribution in [0.4, 0.5) is 18.9 Å². The summed E-state index contributed by atoms with van der Waals surface area (Å²) in [5, 5.41) is 12.2. The van der Waals surface area contributed by atoms with Crippen LogP contribution in [-0.4, -0.2) is 42.5 Å². The van der Waals surface area contributed by atoms with E-state index in [0.717, 1.165) is 24.6 Å². The highest BCUT2D eigenvalue weighted by Gasteiger charge is 2.39. The molecular weight excluding hydrogens is 586 g/mol. The molecule has 1 aliphatic rings. The molecule has 4 rings (SSSR count). The second kappa shape index (κ2) is 11.0. The number of nitro benzene ring substituents is 1. The number of halogens is 3. The molecule has 3 aromatic rings. The van der Waals surface area contributed by atoms with Gasteiger partial charge in [-0.1, -0.05) is 39.0 Å². The van der Waals surface area contributed by atoms with Gasteiger partial charge < -0.3 is 18.3 Å². The van der Waals surface area contributed by atoms with E-state index in [1.807, 2.05) is 0 Å². The van der Waals surface area contributed by atoms with E-state index < -0.39 is 32.5 Å². The fourth-order valence-corrected chi connectivity index (χ4v) is 6.40. The fraction of sp³-hybridized carbons (Fsp3) is 0.483. The van der Waals surface area contributed by atoms with Gasteiger partial charge in [0, 0.05) is 35.6 Å². The van der Waals surface area contributed by atoms with Gasteiger partial charge in [-0.2, -0.15) is 0 Å². The number of hydrogen-bond acceptors (Lipinski definition) is 6. The van der Waals surface area contributed by atoms with E-state index in [0.29, 0.717) is 16.8 Å². The molecule has 1 saturated carbocycles. The van der Waals surface area contributed by atoms with E-state index in [4.69, 9.17) is 9.41 Å². The minimum Gasteiger partial charge on any atom is -0.412 e. The first-order chi connectivity index (χ1) is 19.2. The van der Waals surface area contributed by atoms with Crippen LogP contribution in [0.1, 0.15) is 50.8 Å². The number of nitro groups is 1. The summed E-state index contributed by atoms with van der Waals surface area (Å²) in [6.07, 6.45) is -3.27. The fourth-order valence-electron chi connectivity index (χ4n) is 4.60. The maximum atomic E-state index is 13.5. The van der Waals surface area contributed by atoms with Gasteiger partial charge in [0.05, 0.1) is 28.4 Å². The summed E-state index contributed by atoms with van der Waals surface area (Å²) in [5.74, 6) is -0.202. The van der Waals surface area contributed by atoms with Gasteiger partial charge in [0.2, 0.25) is 0 Å². The molecule has 0 spiro atoms. The molecule has 1 aliphatic carbocycles. The molecule has 0 atom stereocenters. The first-order valence-corrected chi connectivity index (χ1v) is 19.1. The van der Waals surface area contributed by atoms with Crippen LogP contribution >= 0.6 is 7.14 Å². The number of nitrogens with zero attached hydrogens (tertiary/aromatic N) is 3. The molecule has 0 amide bonds. The van der Waals surface area contributed by atoms with E-state index in [9.17, 15) is 27.9 Å². The molecule has 13 heteroatoms. The van der Waals surface area contributed by atoms with E-state index in [-0.39, 0.29) is 39.9 Å². The Kier molecular flexibility index (Phi) is 8.34. The zero-order valence-electron chi connectivity index (χ0n) is 25.1. The van der Waals surface area contributed by atoms with Crippen molar-refractivity contribution in [1.82, 2.24) is 9.55 Å². The summed E-state index contributed by atoms with van der Waals surface area (Å²) in [4.78, 5) is 16.5. The zero-order chi connectivity index (χ0) is 31.4. The molecular formula is C29H37F3N3O5PSi. The van der Waals surface area contributed by atoms with E-state index in [1.165, 1.54) is 31.5 Å². The third-order valence-electron chi connectivity index (χ3n) is 8.14. The van der Waals surface area contributed by atoms with Crippen molar-refractivity contribution in [1.29, 1.82) is 0 Å². The molecule has 1 aromatic heterocycles. The summed E-state index contributed by atoms with van der Waals surface area (Å²) >= 11 is 0. The van der Waals surface area contributed by atoms with Crippen LogP contribution < -0.4 is 10.0 Å². The molecule has 0 radical (unpaired) electrons. The third-order valence-corrected chi connectivity index (χ3v) is 14.1. The maximum absolute atomic E-state index is 13.5. The Morgan fingerprint density at radius 1 is 1.12 bits per heavy atom. The average molecular weight is 624 g/mol. The van der Waals surface area contributed by atoms with Crippen LogP contribution in [0.2, 0.25) is 18.1 Å². The molecule has 228 valence electrons. The zero-order valence-corrected chi connectivity index (χ0v) is 27.0. The molecule has 2 aromatic carbocycles. The molecule has 0 aliphatic heterocycles. The van der Waals surface area contributed by atoms with Crippen molar-refractivity contribution in [3.8, 4) is 28.4 Å². The highest BCUT2D eigenvalue weighted by molar-refractivity contribution is 7.70. The SMILES string of the molecule is Cn1c(-c2ccc(P(C)(C)=O)cc2OC(F)(F)F)nc(-c2cccc([N+](=O)[O-])c2CO[Si](C)(C)C(C)(C)C)c1C1CC1. The van der Waals surface area contributed by atoms with Crippen LogP contribution in [0, 0.1) is 10.1 Å². The smallest absolute Gasteiger partial charge is 0.412 e. The Labute approximate surface area is 244 Å². The summed E-state index contributed by atoms with van der Waals surface area (Å²) in [7, 11) is -3.47. The van der Waals surface area contributed by atoms with Gasteiger partial charge in [0.25, 0.3) is 5.69 Å². The lowest BCUT2D eigenvalue weighted by molar-refractivity contribution is -0.385. The Morgan fingerprint density at radius 2 is 1.76 bits per heavy atom. The van der Waals surface area contributed by atoms with Gasteiger partial charge in [0.1, 0.15) is 18.7 Å². The predicted molar refractivity (Wildman–Crippen MR) is 160 cm³/mol. The van der Waals surface area contributed by atoms with Gasteiger partial charge in [-0.3, -0.25) is 10.1 Å². The van der Waals surface area contributed by atoms with Crippen LogP contribution in [-0.2, 0) is 22.6 Å². The molecule has 1 fully saturated rings. The summed E-state index contributed by atoms with van der Waals surface area (Å²) in [6.45, 7) is 13.3. The van der Waals surface area contributed by atoms with Crippen molar-refractivity contribution in [2.75, 3.05) is 13.3 Å². The minimum atomic E-state index is -4.99. The largest absolute Gasteiger partial charge is 0.573 e. The standard InChI is InChI=1S/C29H37F3N3O5PSi/c1-28(2,3)42(7,8)39-17-22-20(10-9-11-23(22)35(36)37)25-26(18-12-13-18)34(4)27(33-25)21-15-14-19(41(5,6)38)16-24(21)40-29(30,31)32/h9-11,14-16,18H,12-13,17H2,1-8H3. The topological polar surface area (TPSA) is 96.5 Å². The molecule has 0 saturated heterocycles. The number of alkyl halides is 3. The minimum absolute atomic E-state index is 0.00158. The number of benzene rings is 2. The van der Waals surface area contributed by atoms with Crippen molar-refractivity contribution in [2.45, 2.75) is 70.6 Å². The Bertz CT molecular complexity index is 1570. The molecule has 8 nitrogen and oxygen atoms in total. The monoisotopic (exact) mass is 623 g/mol. The van der Waals surface area contributed by atoms with Crippen molar-refractivity contribution in [2.24, 2.45) is 7.05 Å². The van der Waals surface area contributed by atoms with Gasteiger partial charge in [0.15, 0.2) is 8.32 Å². The van der Waals surface area contributed by atoms with Crippen LogP contribution in [0.25, 0.3) is 22.6 Å². The van der Waals surface area contributed by atoms with Crippen LogP contribution in [0.15, 0.2) is 36.4 Å². The Morgan fingerprint density at radius 3 is 2.29 bits per heavy atom. The van der Waals surface area contributed by atoms with Gasteiger partial charge in [-0.15, -0.1) is 13.2 Å². The highest BCUT2D eigenvalue weighted by Crippen LogP contribution is 2.48. The number of ether oxygens (including phenoxy) is 1. The first kappa shape index (κ1) is 32.0. The second-order valence-corrected chi connectivity index (χ2v) is 20.7. The second-order valence-electron chi connectivity index (χ2n) is 12.7. The predicted octanol–water partition coefficient (Wildman–Crippen LogP) is 8.21. The van der Waals surface area contributed by atoms with E-state index in [1.54, 1.807) is 23.7 Å². The van der Waals surface area contributed by atoms with Crippen molar-refractivity contribution in [3.63, 3.8) is 0 Å². The normalized spacial score (nSPS) is 14.7.